The van der Waals surface area contributed by atoms with Crippen LogP contribution in [0.1, 0.15) is 21.5 Å². The van der Waals surface area contributed by atoms with Crippen molar-refractivity contribution in [2.75, 3.05) is 11.9 Å². The molecule has 0 unspecified atom stereocenters. The molecule has 5 heteroatoms. The van der Waals surface area contributed by atoms with Crippen LogP contribution >= 0.6 is 0 Å². The lowest BCUT2D eigenvalue weighted by Gasteiger charge is -2.18. The van der Waals surface area contributed by atoms with E-state index >= 15 is 0 Å². The average molecular weight is 296 g/mol. The van der Waals surface area contributed by atoms with Crippen molar-refractivity contribution in [1.82, 2.24) is 5.32 Å². The summed E-state index contributed by atoms with van der Waals surface area (Å²) in [5.41, 5.74) is 3.22. The molecule has 0 bridgehead atoms. The van der Waals surface area contributed by atoms with E-state index in [2.05, 4.69) is 10.6 Å². The molecule has 3 rings (SSSR count). The second-order valence-corrected chi connectivity index (χ2v) is 5.16. The van der Waals surface area contributed by atoms with Crippen LogP contribution in [0.2, 0.25) is 0 Å². The van der Waals surface area contributed by atoms with Crippen molar-refractivity contribution in [2.45, 2.75) is 13.5 Å². The van der Waals surface area contributed by atoms with Gasteiger partial charge in [-0.1, -0.05) is 24.3 Å². The largest absolute Gasteiger partial charge is 0.482 e. The fourth-order valence-electron chi connectivity index (χ4n) is 2.31. The van der Waals surface area contributed by atoms with Gasteiger partial charge in [0.05, 0.1) is 5.69 Å². The van der Waals surface area contributed by atoms with Crippen LogP contribution in [-0.4, -0.2) is 18.4 Å². The van der Waals surface area contributed by atoms with Crippen LogP contribution in [-0.2, 0) is 11.3 Å². The number of hydrogen-bond acceptors (Lipinski definition) is 3. The van der Waals surface area contributed by atoms with Crippen LogP contribution in [0.5, 0.6) is 5.75 Å². The Balaban J connectivity index is 1.72. The maximum absolute atomic E-state index is 12.2. The number of fused-ring (bicyclic) bond motifs is 1. The molecule has 112 valence electrons. The molecule has 2 aromatic carbocycles. The van der Waals surface area contributed by atoms with Gasteiger partial charge in [-0.05, 0) is 36.2 Å². The van der Waals surface area contributed by atoms with Crippen molar-refractivity contribution in [3.05, 3.63) is 59.2 Å². The minimum atomic E-state index is -0.218. The Hall–Kier alpha value is -2.82. The molecule has 2 N–H and O–H groups in total. The minimum Gasteiger partial charge on any atom is -0.482 e. The molecule has 0 atom stereocenters. The lowest BCUT2D eigenvalue weighted by molar-refractivity contribution is -0.118. The van der Waals surface area contributed by atoms with Gasteiger partial charge in [0.25, 0.3) is 11.8 Å². The Morgan fingerprint density at radius 2 is 2.09 bits per heavy atom. The fraction of sp³-hybridized carbons (Fsp3) is 0.176. The first-order valence-corrected chi connectivity index (χ1v) is 7.03. The number of ether oxygens (including phenoxy) is 1. The first-order valence-electron chi connectivity index (χ1n) is 7.03. The molecule has 0 radical (unpaired) electrons. The standard InChI is InChI=1S/C17H16N2O3/c1-11-4-2-3-5-13(11)9-18-17(21)12-6-7-15-14(8-12)19-16(20)10-22-15/h2-8H,9-10H2,1H3,(H,18,21)(H,19,20). The highest BCUT2D eigenvalue weighted by molar-refractivity contribution is 5.99. The summed E-state index contributed by atoms with van der Waals surface area (Å²) in [4.78, 5) is 23.6. The molecule has 1 aliphatic heterocycles. The van der Waals surface area contributed by atoms with E-state index < -0.39 is 0 Å². The number of benzene rings is 2. The summed E-state index contributed by atoms with van der Waals surface area (Å²) in [7, 11) is 0. The van der Waals surface area contributed by atoms with Crippen molar-refractivity contribution in [3.8, 4) is 5.75 Å². The predicted molar refractivity (Wildman–Crippen MR) is 82.9 cm³/mol. The van der Waals surface area contributed by atoms with Crippen molar-refractivity contribution in [2.24, 2.45) is 0 Å². The lowest BCUT2D eigenvalue weighted by Crippen LogP contribution is -2.27. The average Bonchev–Trinajstić information content (AvgIpc) is 2.53. The van der Waals surface area contributed by atoms with Crippen molar-refractivity contribution in [3.63, 3.8) is 0 Å². The van der Waals surface area contributed by atoms with Crippen LogP contribution in [0.3, 0.4) is 0 Å². The topological polar surface area (TPSA) is 67.4 Å². The second kappa shape index (κ2) is 5.89. The Bertz CT molecular complexity index is 740. The van der Waals surface area contributed by atoms with E-state index in [1.54, 1.807) is 18.2 Å². The summed E-state index contributed by atoms with van der Waals surface area (Å²) < 4.78 is 5.27. The van der Waals surface area contributed by atoms with Gasteiger partial charge < -0.3 is 15.4 Å². The maximum Gasteiger partial charge on any atom is 0.262 e. The quantitative estimate of drug-likeness (QED) is 0.913. The molecule has 0 fully saturated rings. The minimum absolute atomic E-state index is 0.00578. The monoisotopic (exact) mass is 296 g/mol. The van der Waals surface area contributed by atoms with E-state index in [0.717, 1.165) is 11.1 Å². The number of anilines is 1. The van der Waals surface area contributed by atoms with E-state index in [9.17, 15) is 9.59 Å². The lowest BCUT2D eigenvalue weighted by atomic mass is 10.1. The van der Waals surface area contributed by atoms with E-state index in [1.165, 1.54) is 0 Å². The van der Waals surface area contributed by atoms with Gasteiger partial charge in [-0.15, -0.1) is 0 Å². The summed E-state index contributed by atoms with van der Waals surface area (Å²) in [5.74, 6) is 0.172. The number of nitrogens with one attached hydrogen (secondary N) is 2. The molecule has 2 amide bonds. The van der Waals surface area contributed by atoms with Crippen molar-refractivity contribution >= 4 is 17.5 Å². The van der Waals surface area contributed by atoms with Crippen LogP contribution in [0.15, 0.2) is 42.5 Å². The summed E-state index contributed by atoms with van der Waals surface area (Å²) in [6.45, 7) is 2.48. The van der Waals surface area contributed by atoms with E-state index in [0.29, 0.717) is 23.5 Å². The van der Waals surface area contributed by atoms with E-state index in [-0.39, 0.29) is 18.4 Å². The van der Waals surface area contributed by atoms with Gasteiger partial charge >= 0.3 is 0 Å². The van der Waals surface area contributed by atoms with Gasteiger partial charge in [0.2, 0.25) is 0 Å². The molecule has 5 nitrogen and oxygen atoms in total. The van der Waals surface area contributed by atoms with Crippen LogP contribution in [0.25, 0.3) is 0 Å². The van der Waals surface area contributed by atoms with Gasteiger partial charge in [-0.3, -0.25) is 9.59 Å². The smallest absolute Gasteiger partial charge is 0.262 e. The predicted octanol–water partition coefficient (Wildman–Crippen LogP) is 2.26. The molecule has 0 aliphatic carbocycles. The Morgan fingerprint density at radius 3 is 2.91 bits per heavy atom. The van der Waals surface area contributed by atoms with Gasteiger partial charge in [0.15, 0.2) is 6.61 Å². The van der Waals surface area contributed by atoms with Crippen LogP contribution < -0.4 is 15.4 Å². The maximum atomic E-state index is 12.2. The zero-order valence-electron chi connectivity index (χ0n) is 12.2. The number of amides is 2. The van der Waals surface area contributed by atoms with Crippen LogP contribution in [0.4, 0.5) is 5.69 Å². The highest BCUT2D eigenvalue weighted by atomic mass is 16.5. The Labute approximate surface area is 128 Å². The second-order valence-electron chi connectivity index (χ2n) is 5.16. The third-order valence-electron chi connectivity index (χ3n) is 3.58. The summed E-state index contributed by atoms with van der Waals surface area (Å²) in [6, 6.07) is 12.9. The highest BCUT2D eigenvalue weighted by Gasteiger charge is 2.17. The molecule has 0 saturated heterocycles. The molecular weight excluding hydrogens is 280 g/mol. The number of carbonyl (C=O) groups excluding carboxylic acids is 2. The number of aryl methyl sites for hydroxylation is 1. The summed E-state index contributed by atoms with van der Waals surface area (Å²) in [5, 5.41) is 5.58. The first kappa shape index (κ1) is 14.1. The zero-order valence-corrected chi connectivity index (χ0v) is 12.2. The fourth-order valence-corrected chi connectivity index (χ4v) is 2.31. The summed E-state index contributed by atoms with van der Waals surface area (Å²) in [6.07, 6.45) is 0. The van der Waals surface area contributed by atoms with Gasteiger partial charge in [-0.25, -0.2) is 0 Å². The Kier molecular flexibility index (Phi) is 3.78. The summed E-state index contributed by atoms with van der Waals surface area (Å²) >= 11 is 0. The molecule has 0 saturated carbocycles. The molecule has 0 aromatic heterocycles. The van der Waals surface area contributed by atoms with Gasteiger partial charge in [-0.2, -0.15) is 0 Å². The number of hydrogen-bond donors (Lipinski definition) is 2. The molecule has 2 aromatic rings. The third kappa shape index (κ3) is 2.93. The zero-order chi connectivity index (χ0) is 15.5. The van der Waals surface area contributed by atoms with Gasteiger partial charge in [0.1, 0.15) is 5.75 Å². The van der Waals surface area contributed by atoms with Gasteiger partial charge in [0, 0.05) is 12.1 Å². The first-order chi connectivity index (χ1) is 10.6. The number of carbonyl (C=O) groups is 2. The number of rotatable bonds is 3. The normalized spacial score (nSPS) is 12.9. The molecule has 1 heterocycles. The molecule has 1 aliphatic rings. The van der Waals surface area contributed by atoms with E-state index in [4.69, 9.17) is 4.74 Å². The van der Waals surface area contributed by atoms with E-state index in [1.807, 2.05) is 31.2 Å². The van der Waals surface area contributed by atoms with Crippen molar-refractivity contribution in [1.29, 1.82) is 0 Å². The molecular formula is C17H16N2O3. The SMILES string of the molecule is Cc1ccccc1CNC(=O)c1ccc2c(c1)NC(=O)CO2. The Morgan fingerprint density at radius 1 is 1.27 bits per heavy atom. The third-order valence-corrected chi connectivity index (χ3v) is 3.58. The molecule has 0 spiro atoms. The highest BCUT2D eigenvalue weighted by Crippen LogP contribution is 2.28. The van der Waals surface area contributed by atoms with Crippen LogP contribution in [0, 0.1) is 6.92 Å². The molecule has 22 heavy (non-hydrogen) atoms. The van der Waals surface area contributed by atoms with Crippen molar-refractivity contribution < 1.29 is 14.3 Å².